The Labute approximate surface area is 78.1 Å². The number of hydrogen-bond donors (Lipinski definition) is 5. The van der Waals surface area contributed by atoms with E-state index in [0.717, 1.165) is 0 Å². The molecule has 0 spiro atoms. The SMILES string of the molecule is N[C@@H](C(=O)O)[C@@](N)(CC(=O)O)C(=O)O. The average Bonchev–Trinajstić information content (AvgIpc) is 2.00. The van der Waals surface area contributed by atoms with Crippen LogP contribution in [0.4, 0.5) is 0 Å². The summed E-state index contributed by atoms with van der Waals surface area (Å²) in [7, 11) is 0. The predicted octanol–water partition coefficient (Wildman–Crippen LogP) is -2.34. The van der Waals surface area contributed by atoms with Crippen LogP contribution in [0.2, 0.25) is 0 Å². The van der Waals surface area contributed by atoms with Crippen LogP contribution in [0.5, 0.6) is 0 Å². The molecular weight excluding hydrogens is 196 g/mol. The van der Waals surface area contributed by atoms with E-state index in [1.54, 1.807) is 0 Å². The van der Waals surface area contributed by atoms with Crippen molar-refractivity contribution in [2.24, 2.45) is 11.5 Å². The highest BCUT2D eigenvalue weighted by atomic mass is 16.4. The Bertz CT molecular complexity index is 277. The fourth-order valence-electron chi connectivity index (χ4n) is 0.789. The van der Waals surface area contributed by atoms with Crippen LogP contribution >= 0.6 is 0 Å². The third-order valence-electron chi connectivity index (χ3n) is 1.66. The van der Waals surface area contributed by atoms with E-state index in [-0.39, 0.29) is 0 Å². The van der Waals surface area contributed by atoms with Crippen molar-refractivity contribution in [3.63, 3.8) is 0 Å². The first kappa shape index (κ1) is 12.3. The van der Waals surface area contributed by atoms with Crippen molar-refractivity contribution < 1.29 is 29.7 Å². The Morgan fingerprint density at radius 3 is 1.86 bits per heavy atom. The van der Waals surface area contributed by atoms with Crippen molar-refractivity contribution in [2.45, 2.75) is 18.0 Å². The van der Waals surface area contributed by atoms with Crippen LogP contribution in [0.25, 0.3) is 0 Å². The van der Waals surface area contributed by atoms with Crippen molar-refractivity contribution in [2.75, 3.05) is 0 Å². The molecular formula is C6H10N2O6. The molecule has 0 saturated heterocycles. The summed E-state index contributed by atoms with van der Waals surface area (Å²) < 4.78 is 0. The van der Waals surface area contributed by atoms with Crippen LogP contribution in [0.1, 0.15) is 6.42 Å². The van der Waals surface area contributed by atoms with Gasteiger partial charge in [-0.25, -0.2) is 0 Å². The normalized spacial score (nSPS) is 16.7. The molecule has 7 N–H and O–H groups in total. The van der Waals surface area contributed by atoms with E-state index in [4.69, 9.17) is 26.8 Å². The van der Waals surface area contributed by atoms with Gasteiger partial charge < -0.3 is 26.8 Å². The molecule has 0 aromatic heterocycles. The molecule has 0 fully saturated rings. The molecule has 0 saturated carbocycles. The van der Waals surface area contributed by atoms with Crippen molar-refractivity contribution in [3.05, 3.63) is 0 Å². The summed E-state index contributed by atoms with van der Waals surface area (Å²) in [5, 5.41) is 25.3. The van der Waals surface area contributed by atoms with Gasteiger partial charge in [0.2, 0.25) is 0 Å². The smallest absolute Gasteiger partial charge is 0.326 e. The summed E-state index contributed by atoms with van der Waals surface area (Å²) in [6, 6.07) is -1.98. The van der Waals surface area contributed by atoms with Gasteiger partial charge in [-0.1, -0.05) is 0 Å². The Morgan fingerprint density at radius 2 is 1.64 bits per heavy atom. The highest BCUT2D eigenvalue weighted by molar-refractivity contribution is 5.92. The molecule has 0 amide bonds. The number of nitrogens with two attached hydrogens (primary N) is 2. The highest BCUT2D eigenvalue weighted by Crippen LogP contribution is 2.11. The van der Waals surface area contributed by atoms with Gasteiger partial charge in [-0.15, -0.1) is 0 Å². The zero-order chi connectivity index (χ0) is 11.5. The Morgan fingerprint density at radius 1 is 1.21 bits per heavy atom. The standard InChI is InChI=1S/C6H10N2O6/c7-3(4(11)12)6(8,5(13)14)1-2(9)10/h3H,1,7-8H2,(H,9,10)(H,11,12)(H,13,14)/t3-,6-/m0/s1. The molecule has 0 radical (unpaired) electrons. The maximum atomic E-state index is 10.6. The maximum absolute atomic E-state index is 10.6. The number of carboxylic acids is 3. The highest BCUT2D eigenvalue weighted by Gasteiger charge is 2.46. The number of hydrogen-bond acceptors (Lipinski definition) is 5. The van der Waals surface area contributed by atoms with Gasteiger partial charge in [0.25, 0.3) is 0 Å². The summed E-state index contributed by atoms with van der Waals surface area (Å²) in [5.41, 5.74) is 7.57. The lowest BCUT2D eigenvalue weighted by Crippen LogP contribution is -2.64. The largest absolute Gasteiger partial charge is 0.481 e. The van der Waals surface area contributed by atoms with Gasteiger partial charge >= 0.3 is 17.9 Å². The van der Waals surface area contributed by atoms with Crippen molar-refractivity contribution in [1.29, 1.82) is 0 Å². The van der Waals surface area contributed by atoms with Gasteiger partial charge in [0.05, 0.1) is 6.42 Å². The molecule has 0 aliphatic heterocycles. The van der Waals surface area contributed by atoms with Gasteiger partial charge in [0.1, 0.15) is 6.04 Å². The van der Waals surface area contributed by atoms with Gasteiger partial charge in [-0.2, -0.15) is 0 Å². The minimum Gasteiger partial charge on any atom is -0.481 e. The topological polar surface area (TPSA) is 164 Å². The van der Waals surface area contributed by atoms with E-state index < -0.39 is 35.9 Å². The zero-order valence-corrected chi connectivity index (χ0v) is 7.01. The first-order chi connectivity index (χ1) is 6.21. The summed E-state index contributed by atoms with van der Waals surface area (Å²) >= 11 is 0. The molecule has 0 aromatic rings. The fraction of sp³-hybridized carbons (Fsp3) is 0.500. The van der Waals surface area contributed by atoms with Crippen molar-refractivity contribution in [3.8, 4) is 0 Å². The van der Waals surface area contributed by atoms with Gasteiger partial charge in [0.15, 0.2) is 5.54 Å². The average molecular weight is 206 g/mol. The molecule has 80 valence electrons. The van der Waals surface area contributed by atoms with Gasteiger partial charge in [0, 0.05) is 0 Å². The van der Waals surface area contributed by atoms with Crippen LogP contribution < -0.4 is 11.5 Å². The number of rotatable bonds is 5. The second-order valence-electron chi connectivity index (χ2n) is 2.73. The summed E-state index contributed by atoms with van der Waals surface area (Å²) in [6.07, 6.45) is -1.06. The Hall–Kier alpha value is -1.67. The summed E-state index contributed by atoms with van der Waals surface area (Å²) in [4.78, 5) is 31.2. The lowest BCUT2D eigenvalue weighted by Gasteiger charge is -2.26. The summed E-state index contributed by atoms with van der Waals surface area (Å²) in [6.45, 7) is 0. The Balaban J connectivity index is 4.99. The lowest BCUT2D eigenvalue weighted by molar-refractivity contribution is -0.155. The predicted molar refractivity (Wildman–Crippen MR) is 42.4 cm³/mol. The zero-order valence-electron chi connectivity index (χ0n) is 7.01. The monoisotopic (exact) mass is 206 g/mol. The van der Waals surface area contributed by atoms with Crippen molar-refractivity contribution in [1.82, 2.24) is 0 Å². The van der Waals surface area contributed by atoms with Gasteiger partial charge in [-0.05, 0) is 0 Å². The molecule has 0 unspecified atom stereocenters. The minimum absolute atomic E-state index is 1.06. The molecule has 14 heavy (non-hydrogen) atoms. The molecule has 2 atom stereocenters. The molecule has 0 aliphatic rings. The molecule has 0 rings (SSSR count). The van der Waals surface area contributed by atoms with Crippen LogP contribution in [-0.2, 0) is 14.4 Å². The molecule has 0 aliphatic carbocycles. The van der Waals surface area contributed by atoms with Gasteiger partial charge in [-0.3, -0.25) is 14.4 Å². The van der Waals surface area contributed by atoms with E-state index in [1.807, 2.05) is 0 Å². The third-order valence-corrected chi connectivity index (χ3v) is 1.66. The van der Waals surface area contributed by atoms with E-state index in [2.05, 4.69) is 0 Å². The van der Waals surface area contributed by atoms with E-state index >= 15 is 0 Å². The fourth-order valence-corrected chi connectivity index (χ4v) is 0.789. The molecule has 8 nitrogen and oxygen atoms in total. The van der Waals surface area contributed by atoms with E-state index in [9.17, 15) is 14.4 Å². The molecule has 8 heteroatoms. The first-order valence-electron chi connectivity index (χ1n) is 3.44. The summed E-state index contributed by atoms with van der Waals surface area (Å²) in [5.74, 6) is -4.97. The third kappa shape index (κ3) is 2.41. The quantitative estimate of drug-likeness (QED) is 0.333. The molecule has 0 bridgehead atoms. The minimum atomic E-state index is -2.50. The number of carboxylic acid groups (broad SMARTS) is 3. The number of carbonyl (C=O) groups is 3. The second-order valence-corrected chi connectivity index (χ2v) is 2.73. The van der Waals surface area contributed by atoms with Crippen LogP contribution in [0, 0.1) is 0 Å². The first-order valence-corrected chi connectivity index (χ1v) is 3.44. The second kappa shape index (κ2) is 4.03. The Kier molecular flexibility index (Phi) is 3.55. The molecule has 0 aromatic carbocycles. The van der Waals surface area contributed by atoms with E-state index in [1.165, 1.54) is 0 Å². The van der Waals surface area contributed by atoms with E-state index in [0.29, 0.717) is 0 Å². The van der Waals surface area contributed by atoms with Crippen molar-refractivity contribution >= 4 is 17.9 Å². The van der Waals surface area contributed by atoms with Crippen LogP contribution in [0.15, 0.2) is 0 Å². The maximum Gasteiger partial charge on any atom is 0.326 e. The van der Waals surface area contributed by atoms with Crippen LogP contribution in [0.3, 0.4) is 0 Å². The molecule has 0 heterocycles. The van der Waals surface area contributed by atoms with Crippen LogP contribution in [-0.4, -0.2) is 44.8 Å². The lowest BCUT2D eigenvalue weighted by atomic mass is 9.88. The number of aliphatic carboxylic acids is 3.